The van der Waals surface area contributed by atoms with E-state index in [2.05, 4.69) is 48.5 Å². The SMILES string of the molecule is O=C([O-])CCC(=O)c1ccc2ccc3cccc4ccc1c2c34.O=C([O-])CCC(=O)c1ccc2ccc3cccc4ccc1c2c34.[Cd+2].[OH3+].[OH3+]. The van der Waals surface area contributed by atoms with Crippen molar-refractivity contribution in [2.24, 2.45) is 0 Å². The minimum Gasteiger partial charge on any atom is -0.550 e. The average Bonchev–Trinajstić information content (AvgIpc) is 3.07. The van der Waals surface area contributed by atoms with Crippen LogP contribution in [0.2, 0.25) is 0 Å². The summed E-state index contributed by atoms with van der Waals surface area (Å²) in [5, 5.41) is 34.1. The van der Waals surface area contributed by atoms with Gasteiger partial charge in [0.2, 0.25) is 0 Å². The second-order valence-electron chi connectivity index (χ2n) is 11.5. The first-order valence-corrected chi connectivity index (χ1v) is 15.1. The normalized spacial score (nSPS) is 10.8. The van der Waals surface area contributed by atoms with E-state index in [1.807, 2.05) is 48.5 Å². The zero-order valence-electron chi connectivity index (χ0n) is 26.5. The standard InChI is InChI=1S/2C20H14O3.Cd.2H2O/c2*21-17(10-11-18(22)23)15-8-6-14-5-4-12-2-1-3-13-7-9-16(15)20(14)19(12)13;;;/h2*1-9H,10-11H2,(H,22,23);;2*1H2/q;;+2;;. The minimum absolute atomic E-state index is 0. The van der Waals surface area contributed by atoms with Crippen molar-refractivity contribution in [3.05, 3.63) is 120 Å². The summed E-state index contributed by atoms with van der Waals surface area (Å²) in [6.07, 6.45) is -0.569. The predicted molar refractivity (Wildman–Crippen MR) is 187 cm³/mol. The summed E-state index contributed by atoms with van der Waals surface area (Å²) < 4.78 is 0. The van der Waals surface area contributed by atoms with Gasteiger partial charge in [0.25, 0.3) is 0 Å². The van der Waals surface area contributed by atoms with Gasteiger partial charge in [-0.05, 0) is 77.5 Å². The molecule has 0 spiro atoms. The largest absolute Gasteiger partial charge is 2.00 e. The van der Waals surface area contributed by atoms with Crippen LogP contribution in [0.4, 0.5) is 0 Å². The number of carboxylic acids is 2. The third-order valence-corrected chi connectivity index (χ3v) is 8.77. The number of rotatable bonds is 8. The maximum Gasteiger partial charge on any atom is 2.00 e. The Balaban J connectivity index is 0.000000208. The van der Waals surface area contributed by atoms with Crippen LogP contribution in [0.15, 0.2) is 109 Å². The van der Waals surface area contributed by atoms with Crippen LogP contribution in [0, 0.1) is 0 Å². The van der Waals surface area contributed by atoms with Crippen molar-refractivity contribution in [3.8, 4) is 0 Å². The van der Waals surface area contributed by atoms with Gasteiger partial charge < -0.3 is 30.8 Å². The van der Waals surface area contributed by atoms with E-state index in [-0.39, 0.29) is 75.5 Å². The molecule has 9 heteroatoms. The number of aliphatic carboxylic acids is 2. The van der Waals surface area contributed by atoms with Crippen LogP contribution in [0.5, 0.6) is 0 Å². The molecule has 8 aromatic carbocycles. The Kier molecular flexibility index (Phi) is 11.3. The van der Waals surface area contributed by atoms with E-state index < -0.39 is 11.9 Å². The Hall–Kier alpha value is -5.04. The Morgan fingerprint density at radius 2 is 0.673 bits per heavy atom. The molecule has 0 bridgehead atoms. The molecule has 0 fully saturated rings. The monoisotopic (exact) mass is 754 g/mol. The molecule has 6 N–H and O–H groups in total. The molecule has 0 saturated carbocycles. The van der Waals surface area contributed by atoms with E-state index in [1.165, 1.54) is 0 Å². The fraction of sp³-hybridized carbons (Fsp3) is 0.100. The van der Waals surface area contributed by atoms with Crippen molar-refractivity contribution in [2.45, 2.75) is 25.7 Å². The van der Waals surface area contributed by atoms with E-state index >= 15 is 0 Å². The first-order valence-electron chi connectivity index (χ1n) is 15.1. The van der Waals surface area contributed by atoms with Crippen LogP contribution in [-0.4, -0.2) is 23.5 Å². The average molecular weight is 753 g/mol. The van der Waals surface area contributed by atoms with E-state index in [9.17, 15) is 29.4 Å². The van der Waals surface area contributed by atoms with Crippen LogP contribution in [0.3, 0.4) is 0 Å². The van der Waals surface area contributed by atoms with E-state index in [1.54, 1.807) is 12.1 Å². The van der Waals surface area contributed by atoms with Crippen LogP contribution in [0.1, 0.15) is 46.4 Å². The molecule has 240 valence electrons. The predicted octanol–water partition coefficient (Wildman–Crippen LogP) is 4.75. The molecule has 8 aromatic rings. The molecule has 0 aromatic heterocycles. The van der Waals surface area contributed by atoms with Crippen molar-refractivity contribution in [2.75, 3.05) is 0 Å². The molecule has 0 atom stereocenters. The Labute approximate surface area is 300 Å². The number of ketones is 2. The van der Waals surface area contributed by atoms with E-state index in [4.69, 9.17) is 0 Å². The third-order valence-electron chi connectivity index (χ3n) is 8.77. The summed E-state index contributed by atoms with van der Waals surface area (Å²) in [5.74, 6) is -2.72. The molecule has 0 heterocycles. The summed E-state index contributed by atoms with van der Waals surface area (Å²) in [4.78, 5) is 46.0. The van der Waals surface area contributed by atoms with Crippen molar-refractivity contribution in [1.82, 2.24) is 0 Å². The van der Waals surface area contributed by atoms with E-state index in [0.717, 1.165) is 64.6 Å². The van der Waals surface area contributed by atoms with Crippen molar-refractivity contribution in [1.29, 1.82) is 0 Å². The van der Waals surface area contributed by atoms with Crippen LogP contribution >= 0.6 is 0 Å². The topological polar surface area (TPSA) is 180 Å². The van der Waals surface area contributed by atoms with Crippen LogP contribution in [0.25, 0.3) is 64.6 Å². The molecular formula is C40H32CdO8+2. The number of Topliss-reactive ketones (excluding diaryl/α,β-unsaturated/α-hetero) is 2. The van der Waals surface area contributed by atoms with E-state index in [0.29, 0.717) is 11.1 Å². The van der Waals surface area contributed by atoms with Crippen LogP contribution in [-0.2, 0) is 47.8 Å². The molecule has 8 nitrogen and oxygen atoms in total. The summed E-state index contributed by atoms with van der Waals surface area (Å²) in [6.45, 7) is 0. The number of benzene rings is 8. The molecule has 0 aliphatic carbocycles. The third kappa shape index (κ3) is 6.80. The summed E-state index contributed by atoms with van der Waals surface area (Å²) in [7, 11) is 0. The molecule has 0 aliphatic rings. The molecule has 8 rings (SSSR count). The van der Waals surface area contributed by atoms with Crippen LogP contribution < -0.4 is 10.2 Å². The van der Waals surface area contributed by atoms with Gasteiger partial charge in [0.15, 0.2) is 11.6 Å². The number of carbonyl (C=O) groups is 4. The number of hydrogen-bond donors (Lipinski definition) is 0. The van der Waals surface area contributed by atoms with Gasteiger partial charge in [-0.3, -0.25) is 9.59 Å². The molecule has 0 unspecified atom stereocenters. The van der Waals surface area contributed by atoms with Gasteiger partial charge in [-0.2, -0.15) is 0 Å². The Bertz CT molecular complexity index is 2280. The Morgan fingerprint density at radius 1 is 0.388 bits per heavy atom. The number of hydrogen-bond acceptors (Lipinski definition) is 6. The maximum absolute atomic E-state index is 12.4. The van der Waals surface area contributed by atoms with Crippen molar-refractivity contribution < 1.29 is 67.6 Å². The molecule has 0 amide bonds. The second kappa shape index (κ2) is 15.0. The van der Waals surface area contributed by atoms with Gasteiger partial charge in [-0.1, -0.05) is 109 Å². The second-order valence-corrected chi connectivity index (χ2v) is 11.5. The molecule has 0 saturated heterocycles. The fourth-order valence-electron chi connectivity index (χ4n) is 6.66. The van der Waals surface area contributed by atoms with Crippen molar-refractivity contribution >= 4 is 88.1 Å². The van der Waals surface area contributed by atoms with Gasteiger partial charge >= 0.3 is 27.3 Å². The summed E-state index contributed by atoms with van der Waals surface area (Å²) in [5.41, 5.74) is 1.16. The number of carboxylic acid groups (broad SMARTS) is 2. The maximum atomic E-state index is 12.4. The zero-order chi connectivity index (χ0) is 31.9. The van der Waals surface area contributed by atoms with Gasteiger partial charge in [-0.25, -0.2) is 0 Å². The smallest absolute Gasteiger partial charge is 0.550 e. The Morgan fingerprint density at radius 3 is 1.00 bits per heavy atom. The molecule has 49 heavy (non-hydrogen) atoms. The first-order chi connectivity index (χ1) is 22.3. The summed E-state index contributed by atoms with van der Waals surface area (Å²) in [6, 6.07) is 35.9. The van der Waals surface area contributed by atoms with Gasteiger partial charge in [0.1, 0.15) is 0 Å². The molecular weight excluding hydrogens is 721 g/mol. The van der Waals surface area contributed by atoms with Gasteiger partial charge in [0.05, 0.1) is 0 Å². The number of carbonyl (C=O) groups excluding carboxylic acids is 4. The van der Waals surface area contributed by atoms with Gasteiger partial charge in [-0.15, -0.1) is 0 Å². The minimum atomic E-state index is -1.20. The first kappa shape index (κ1) is 36.8. The quantitative estimate of drug-likeness (QED) is 0.0935. The van der Waals surface area contributed by atoms with Crippen molar-refractivity contribution in [3.63, 3.8) is 0 Å². The summed E-state index contributed by atoms with van der Waals surface area (Å²) >= 11 is 0. The molecule has 0 radical (unpaired) electrons. The zero-order valence-corrected chi connectivity index (χ0v) is 30.6. The molecule has 0 aliphatic heterocycles. The fourth-order valence-corrected chi connectivity index (χ4v) is 6.66. The van der Waals surface area contributed by atoms with Gasteiger partial charge in [0, 0.05) is 35.9 Å².